The maximum atomic E-state index is 14.5. The van der Waals surface area contributed by atoms with Gasteiger partial charge in [-0.2, -0.15) is 0 Å². The molecule has 0 radical (unpaired) electrons. The Balaban J connectivity index is 1.60. The molecule has 37 heavy (non-hydrogen) atoms. The molecular weight excluding hydrogens is 469 g/mol. The molecule has 3 heterocycles. The third kappa shape index (κ3) is 4.52. The molecule has 1 atom stereocenters. The van der Waals surface area contributed by atoms with Gasteiger partial charge in [0, 0.05) is 37.1 Å². The van der Waals surface area contributed by atoms with Crippen LogP contribution in [0.2, 0.25) is 0 Å². The van der Waals surface area contributed by atoms with E-state index >= 15 is 0 Å². The van der Waals surface area contributed by atoms with Gasteiger partial charge in [-0.1, -0.05) is 31.2 Å². The number of fused-ring (bicyclic) bond motifs is 1. The summed E-state index contributed by atoms with van der Waals surface area (Å²) in [5.74, 6) is 0.416. The fourth-order valence-electron chi connectivity index (χ4n) is 5.17. The largest absolute Gasteiger partial charge is 0.367 e. The maximum absolute atomic E-state index is 14.5. The van der Waals surface area contributed by atoms with Gasteiger partial charge in [0.05, 0.1) is 16.7 Å². The number of pyridine rings is 1. The quantitative estimate of drug-likeness (QED) is 0.422. The molecule has 0 amide bonds. The molecule has 1 aliphatic rings. The van der Waals surface area contributed by atoms with Crippen LogP contribution in [0.3, 0.4) is 0 Å². The number of H-pyrrole nitrogens is 1. The minimum atomic E-state index is -0.448. The Morgan fingerprint density at radius 1 is 1.05 bits per heavy atom. The van der Waals surface area contributed by atoms with Crippen molar-refractivity contribution in [3.63, 3.8) is 0 Å². The van der Waals surface area contributed by atoms with Crippen LogP contribution < -0.4 is 10.5 Å². The predicted molar refractivity (Wildman–Crippen MR) is 144 cm³/mol. The SMILES string of the molecule is CCC(C)(C)n1nnnc1[C@@H](c1cc2c(C)ccc(C)c2[nH]c1=O)N1CCN(c2ccccc2F)CC1. The van der Waals surface area contributed by atoms with Gasteiger partial charge in [0.25, 0.3) is 5.56 Å². The Labute approximate surface area is 216 Å². The van der Waals surface area contributed by atoms with E-state index in [9.17, 15) is 9.18 Å². The van der Waals surface area contributed by atoms with Crippen molar-refractivity contribution >= 4 is 16.6 Å². The molecule has 5 rings (SSSR count). The lowest BCUT2D eigenvalue weighted by Crippen LogP contribution is -2.50. The van der Waals surface area contributed by atoms with Crippen molar-refractivity contribution in [1.29, 1.82) is 0 Å². The highest BCUT2D eigenvalue weighted by Crippen LogP contribution is 2.33. The average Bonchev–Trinajstić information content (AvgIpc) is 3.38. The van der Waals surface area contributed by atoms with Crippen molar-refractivity contribution in [3.05, 3.63) is 81.2 Å². The van der Waals surface area contributed by atoms with Crippen molar-refractivity contribution < 1.29 is 4.39 Å². The van der Waals surface area contributed by atoms with E-state index in [1.54, 1.807) is 6.07 Å². The lowest BCUT2D eigenvalue weighted by molar-refractivity contribution is 0.186. The van der Waals surface area contributed by atoms with Crippen LogP contribution in [0, 0.1) is 19.7 Å². The molecule has 9 heteroatoms. The number of piperazine rings is 1. The number of aryl methyl sites for hydroxylation is 2. The fourth-order valence-corrected chi connectivity index (χ4v) is 5.17. The van der Waals surface area contributed by atoms with E-state index < -0.39 is 6.04 Å². The number of tetrazole rings is 1. The molecule has 0 aliphatic carbocycles. The number of anilines is 1. The average molecular weight is 504 g/mol. The summed E-state index contributed by atoms with van der Waals surface area (Å²) in [6.45, 7) is 12.8. The molecular formula is C28H34FN7O. The number of rotatable bonds is 6. The maximum Gasteiger partial charge on any atom is 0.253 e. The summed E-state index contributed by atoms with van der Waals surface area (Å²) < 4.78 is 16.3. The Morgan fingerprint density at radius 2 is 1.76 bits per heavy atom. The Bertz CT molecular complexity index is 1480. The van der Waals surface area contributed by atoms with Crippen molar-refractivity contribution in [1.82, 2.24) is 30.1 Å². The van der Waals surface area contributed by atoms with Gasteiger partial charge >= 0.3 is 0 Å². The highest BCUT2D eigenvalue weighted by atomic mass is 19.1. The lowest BCUT2D eigenvalue weighted by atomic mass is 9.97. The molecule has 2 aromatic heterocycles. The van der Waals surface area contributed by atoms with Crippen LogP contribution in [0.15, 0.2) is 47.3 Å². The third-order valence-electron chi connectivity index (χ3n) is 7.82. The lowest BCUT2D eigenvalue weighted by Gasteiger charge is -2.40. The van der Waals surface area contributed by atoms with Crippen LogP contribution in [0.4, 0.5) is 10.1 Å². The van der Waals surface area contributed by atoms with E-state index in [1.165, 1.54) is 6.07 Å². The summed E-state index contributed by atoms with van der Waals surface area (Å²) in [6, 6.07) is 12.5. The first-order valence-electron chi connectivity index (χ1n) is 12.9. The summed E-state index contributed by atoms with van der Waals surface area (Å²) in [5.41, 5.74) is 3.71. The van der Waals surface area contributed by atoms with E-state index in [0.29, 0.717) is 43.3 Å². The van der Waals surface area contributed by atoms with Crippen LogP contribution in [-0.2, 0) is 5.54 Å². The molecule has 0 unspecified atom stereocenters. The van der Waals surface area contributed by atoms with E-state index in [-0.39, 0.29) is 16.9 Å². The van der Waals surface area contributed by atoms with Gasteiger partial charge in [0.15, 0.2) is 5.82 Å². The molecule has 0 bridgehead atoms. The van der Waals surface area contributed by atoms with Crippen LogP contribution in [0.5, 0.6) is 0 Å². The molecule has 2 aromatic carbocycles. The normalized spacial score (nSPS) is 15.9. The Morgan fingerprint density at radius 3 is 2.46 bits per heavy atom. The molecule has 0 saturated carbocycles. The molecule has 1 saturated heterocycles. The zero-order valence-electron chi connectivity index (χ0n) is 22.1. The Kier molecular flexibility index (Phi) is 6.58. The van der Waals surface area contributed by atoms with Crippen molar-refractivity contribution in [3.8, 4) is 0 Å². The van der Waals surface area contributed by atoms with Gasteiger partial charge in [-0.3, -0.25) is 9.69 Å². The first-order valence-corrected chi connectivity index (χ1v) is 12.9. The monoisotopic (exact) mass is 503 g/mol. The smallest absolute Gasteiger partial charge is 0.253 e. The van der Waals surface area contributed by atoms with Crippen LogP contribution in [0.25, 0.3) is 10.9 Å². The highest BCUT2D eigenvalue weighted by Gasteiger charge is 2.36. The van der Waals surface area contributed by atoms with Gasteiger partial charge < -0.3 is 9.88 Å². The molecule has 1 N–H and O–H groups in total. The second kappa shape index (κ2) is 9.70. The van der Waals surface area contributed by atoms with Crippen molar-refractivity contribution in [2.24, 2.45) is 0 Å². The Hall–Kier alpha value is -3.59. The van der Waals surface area contributed by atoms with E-state index in [1.807, 2.05) is 35.9 Å². The molecule has 0 spiro atoms. The van der Waals surface area contributed by atoms with Crippen LogP contribution >= 0.6 is 0 Å². The molecule has 4 aromatic rings. The van der Waals surface area contributed by atoms with Crippen LogP contribution in [-0.4, -0.2) is 56.3 Å². The summed E-state index contributed by atoms with van der Waals surface area (Å²) in [4.78, 5) is 21.1. The second-order valence-corrected chi connectivity index (χ2v) is 10.5. The van der Waals surface area contributed by atoms with Crippen molar-refractivity contribution in [2.45, 2.75) is 52.6 Å². The molecule has 194 valence electrons. The number of hydrogen-bond donors (Lipinski definition) is 1. The summed E-state index contributed by atoms with van der Waals surface area (Å²) in [6.07, 6.45) is 0.825. The topological polar surface area (TPSA) is 82.9 Å². The van der Waals surface area contributed by atoms with Gasteiger partial charge in [-0.25, -0.2) is 9.07 Å². The number of nitrogens with zero attached hydrogens (tertiary/aromatic N) is 6. The highest BCUT2D eigenvalue weighted by molar-refractivity contribution is 5.85. The molecule has 1 aliphatic heterocycles. The summed E-state index contributed by atoms with van der Waals surface area (Å²) in [7, 11) is 0. The second-order valence-electron chi connectivity index (χ2n) is 10.5. The minimum absolute atomic E-state index is 0.147. The number of para-hydroxylation sites is 1. The third-order valence-corrected chi connectivity index (χ3v) is 7.82. The predicted octanol–water partition coefficient (Wildman–Crippen LogP) is 4.33. The number of nitrogens with one attached hydrogen (secondary N) is 1. The van der Waals surface area contributed by atoms with Gasteiger partial charge in [-0.15, -0.1) is 5.10 Å². The standard InChI is InChI=1S/C28H34FN7O/c1-6-28(4,5)36-26(31-32-33-36)25(21-17-20-18(2)11-12-19(3)24(20)30-27(21)37)35-15-13-34(14-16-35)23-10-8-7-9-22(23)29/h7-12,17,25H,6,13-16H2,1-5H3,(H,30,37)/t25-/m1/s1. The van der Waals surface area contributed by atoms with E-state index in [2.05, 4.69) is 64.1 Å². The molecule has 8 nitrogen and oxygen atoms in total. The number of aromatic nitrogens is 5. The first kappa shape index (κ1) is 25.1. The summed E-state index contributed by atoms with van der Waals surface area (Å²) in [5, 5.41) is 13.9. The number of aromatic amines is 1. The van der Waals surface area contributed by atoms with Gasteiger partial charge in [-0.05, 0) is 73.9 Å². The van der Waals surface area contributed by atoms with Crippen LogP contribution in [0.1, 0.15) is 55.7 Å². The van der Waals surface area contributed by atoms with E-state index in [4.69, 9.17) is 0 Å². The fraction of sp³-hybridized carbons (Fsp3) is 0.429. The number of benzene rings is 2. The molecule has 1 fully saturated rings. The zero-order chi connectivity index (χ0) is 26.3. The van der Waals surface area contributed by atoms with Crippen molar-refractivity contribution in [2.75, 3.05) is 31.1 Å². The minimum Gasteiger partial charge on any atom is -0.367 e. The number of hydrogen-bond acceptors (Lipinski definition) is 6. The zero-order valence-corrected chi connectivity index (χ0v) is 22.1. The number of halogens is 1. The van der Waals surface area contributed by atoms with E-state index in [0.717, 1.165) is 28.5 Å². The van der Waals surface area contributed by atoms with Gasteiger partial charge in [0.2, 0.25) is 0 Å². The summed E-state index contributed by atoms with van der Waals surface area (Å²) >= 11 is 0. The van der Waals surface area contributed by atoms with Gasteiger partial charge in [0.1, 0.15) is 11.9 Å². The first-order chi connectivity index (χ1) is 17.7.